The monoisotopic (exact) mass is 364 g/mol. The van der Waals surface area contributed by atoms with Crippen molar-refractivity contribution >= 4 is 22.7 Å². The molecular formula is C21H24N4O2. The van der Waals surface area contributed by atoms with Gasteiger partial charge in [0.15, 0.2) is 0 Å². The van der Waals surface area contributed by atoms with Crippen LogP contribution in [-0.4, -0.2) is 49.9 Å². The zero-order chi connectivity index (χ0) is 18.5. The number of hydrogen-bond donors (Lipinski definition) is 1. The highest BCUT2D eigenvalue weighted by Gasteiger charge is 2.17. The molecule has 0 aliphatic carbocycles. The van der Waals surface area contributed by atoms with Crippen LogP contribution in [0.25, 0.3) is 10.9 Å². The Labute approximate surface area is 159 Å². The minimum atomic E-state index is 0.665. The average Bonchev–Trinajstić information content (AvgIpc) is 2.74. The first-order valence-corrected chi connectivity index (χ1v) is 9.30. The fourth-order valence-corrected chi connectivity index (χ4v) is 3.30. The molecule has 6 nitrogen and oxygen atoms in total. The Hall–Kier alpha value is -2.86. The van der Waals surface area contributed by atoms with E-state index in [2.05, 4.69) is 28.4 Å². The molecule has 0 amide bonds. The minimum absolute atomic E-state index is 0.665. The first-order valence-electron chi connectivity index (χ1n) is 9.30. The summed E-state index contributed by atoms with van der Waals surface area (Å²) in [7, 11) is 1.69. The van der Waals surface area contributed by atoms with E-state index in [0.29, 0.717) is 5.95 Å². The van der Waals surface area contributed by atoms with Crippen LogP contribution in [-0.2, 0) is 11.2 Å². The lowest BCUT2D eigenvalue weighted by molar-refractivity contribution is 0.122. The SMILES string of the molecule is COc1cccc(CCNc2nc(N3CCOCC3)c3ccccc3n2)c1. The van der Waals surface area contributed by atoms with Gasteiger partial charge in [0.2, 0.25) is 5.95 Å². The summed E-state index contributed by atoms with van der Waals surface area (Å²) in [4.78, 5) is 11.8. The summed E-state index contributed by atoms with van der Waals surface area (Å²) in [5.41, 5.74) is 2.17. The third kappa shape index (κ3) is 4.11. The number of rotatable bonds is 6. The molecule has 0 radical (unpaired) electrons. The van der Waals surface area contributed by atoms with Gasteiger partial charge in [-0.15, -0.1) is 0 Å². The molecule has 1 aliphatic rings. The van der Waals surface area contributed by atoms with Gasteiger partial charge in [-0.3, -0.25) is 0 Å². The van der Waals surface area contributed by atoms with Crippen LogP contribution in [0.3, 0.4) is 0 Å². The van der Waals surface area contributed by atoms with Gasteiger partial charge >= 0.3 is 0 Å². The molecule has 0 atom stereocenters. The summed E-state index contributed by atoms with van der Waals surface area (Å²) in [5.74, 6) is 2.52. The van der Waals surface area contributed by atoms with Crippen molar-refractivity contribution in [1.82, 2.24) is 9.97 Å². The minimum Gasteiger partial charge on any atom is -0.497 e. The number of para-hydroxylation sites is 1. The molecule has 140 valence electrons. The molecule has 0 spiro atoms. The van der Waals surface area contributed by atoms with Gasteiger partial charge in [-0.2, -0.15) is 4.98 Å². The number of morpholine rings is 1. The van der Waals surface area contributed by atoms with Gasteiger partial charge in [-0.25, -0.2) is 4.98 Å². The summed E-state index contributed by atoms with van der Waals surface area (Å²) in [5, 5.41) is 4.46. The fourth-order valence-electron chi connectivity index (χ4n) is 3.30. The standard InChI is InChI=1S/C21H24N4O2/c1-26-17-6-4-5-16(15-17)9-10-22-21-23-19-8-3-2-7-18(19)20(24-21)25-11-13-27-14-12-25/h2-8,15H,9-14H2,1H3,(H,22,23,24). The van der Waals surface area contributed by atoms with Crippen molar-refractivity contribution < 1.29 is 9.47 Å². The second-order valence-electron chi connectivity index (χ2n) is 6.52. The number of nitrogens with one attached hydrogen (secondary N) is 1. The molecular weight excluding hydrogens is 340 g/mol. The quantitative estimate of drug-likeness (QED) is 0.725. The smallest absolute Gasteiger partial charge is 0.225 e. The molecule has 4 rings (SSSR count). The number of benzene rings is 2. The van der Waals surface area contributed by atoms with E-state index in [0.717, 1.165) is 61.7 Å². The van der Waals surface area contributed by atoms with E-state index in [9.17, 15) is 0 Å². The molecule has 1 aliphatic heterocycles. The van der Waals surface area contributed by atoms with Crippen LogP contribution in [0, 0.1) is 0 Å². The van der Waals surface area contributed by atoms with E-state index in [4.69, 9.17) is 19.4 Å². The van der Waals surface area contributed by atoms with Crippen molar-refractivity contribution in [2.45, 2.75) is 6.42 Å². The van der Waals surface area contributed by atoms with E-state index >= 15 is 0 Å². The molecule has 27 heavy (non-hydrogen) atoms. The van der Waals surface area contributed by atoms with E-state index in [1.807, 2.05) is 30.3 Å². The predicted octanol–water partition coefficient (Wildman–Crippen LogP) is 3.13. The number of hydrogen-bond acceptors (Lipinski definition) is 6. The van der Waals surface area contributed by atoms with Crippen molar-refractivity contribution in [3.63, 3.8) is 0 Å². The lowest BCUT2D eigenvalue weighted by Gasteiger charge is -2.29. The highest BCUT2D eigenvalue weighted by molar-refractivity contribution is 5.90. The van der Waals surface area contributed by atoms with Gasteiger partial charge in [0, 0.05) is 25.0 Å². The molecule has 1 saturated heterocycles. The van der Waals surface area contributed by atoms with E-state index in [-0.39, 0.29) is 0 Å². The highest BCUT2D eigenvalue weighted by Crippen LogP contribution is 2.26. The van der Waals surface area contributed by atoms with Gasteiger partial charge in [-0.1, -0.05) is 24.3 Å². The Morgan fingerprint density at radius 1 is 1.07 bits per heavy atom. The zero-order valence-corrected chi connectivity index (χ0v) is 15.5. The number of ether oxygens (including phenoxy) is 2. The maximum absolute atomic E-state index is 5.49. The molecule has 0 saturated carbocycles. The molecule has 1 N–H and O–H groups in total. The van der Waals surface area contributed by atoms with Gasteiger partial charge in [0.1, 0.15) is 11.6 Å². The summed E-state index contributed by atoms with van der Waals surface area (Å²) >= 11 is 0. The first kappa shape index (κ1) is 17.5. The van der Waals surface area contributed by atoms with Crippen LogP contribution in [0.5, 0.6) is 5.75 Å². The molecule has 1 fully saturated rings. The van der Waals surface area contributed by atoms with Crippen molar-refractivity contribution in [3.8, 4) is 5.75 Å². The van der Waals surface area contributed by atoms with E-state index in [1.165, 1.54) is 5.56 Å². The van der Waals surface area contributed by atoms with E-state index in [1.54, 1.807) is 7.11 Å². The van der Waals surface area contributed by atoms with Crippen LogP contribution < -0.4 is 15.0 Å². The van der Waals surface area contributed by atoms with Gasteiger partial charge in [-0.05, 0) is 36.2 Å². The zero-order valence-electron chi connectivity index (χ0n) is 15.5. The normalized spacial score (nSPS) is 14.3. The molecule has 1 aromatic heterocycles. The van der Waals surface area contributed by atoms with Crippen LogP contribution in [0.4, 0.5) is 11.8 Å². The largest absolute Gasteiger partial charge is 0.497 e. The maximum atomic E-state index is 5.49. The maximum Gasteiger partial charge on any atom is 0.225 e. The molecule has 3 aromatic rings. The van der Waals surface area contributed by atoms with Crippen LogP contribution in [0.1, 0.15) is 5.56 Å². The number of anilines is 2. The van der Waals surface area contributed by atoms with Gasteiger partial charge in [0.25, 0.3) is 0 Å². The van der Waals surface area contributed by atoms with Crippen LogP contribution >= 0.6 is 0 Å². The Morgan fingerprint density at radius 3 is 2.78 bits per heavy atom. The highest BCUT2D eigenvalue weighted by atomic mass is 16.5. The third-order valence-corrected chi connectivity index (χ3v) is 4.72. The topological polar surface area (TPSA) is 59.5 Å². The predicted molar refractivity (Wildman–Crippen MR) is 108 cm³/mol. The Kier molecular flexibility index (Phi) is 5.34. The second kappa shape index (κ2) is 8.22. The number of fused-ring (bicyclic) bond motifs is 1. The molecule has 6 heteroatoms. The summed E-state index contributed by atoms with van der Waals surface area (Å²) in [6.07, 6.45) is 0.875. The van der Waals surface area contributed by atoms with Gasteiger partial charge in [0.05, 0.1) is 25.8 Å². The molecule has 0 unspecified atom stereocenters. The summed E-state index contributed by atoms with van der Waals surface area (Å²) < 4.78 is 10.8. The Bertz CT molecular complexity index is 910. The van der Waals surface area contributed by atoms with Crippen molar-refractivity contribution in [2.75, 3.05) is 50.2 Å². The second-order valence-corrected chi connectivity index (χ2v) is 6.52. The summed E-state index contributed by atoms with van der Waals surface area (Å²) in [6.45, 7) is 3.93. The van der Waals surface area contributed by atoms with Gasteiger partial charge < -0.3 is 19.7 Å². The summed E-state index contributed by atoms with van der Waals surface area (Å²) in [6, 6.07) is 16.3. The number of aromatic nitrogens is 2. The van der Waals surface area contributed by atoms with Crippen LogP contribution in [0.15, 0.2) is 48.5 Å². The lowest BCUT2D eigenvalue weighted by Crippen LogP contribution is -2.37. The van der Waals surface area contributed by atoms with Crippen molar-refractivity contribution in [2.24, 2.45) is 0 Å². The molecule has 2 aromatic carbocycles. The van der Waals surface area contributed by atoms with E-state index < -0.39 is 0 Å². The third-order valence-electron chi connectivity index (χ3n) is 4.72. The fraction of sp³-hybridized carbons (Fsp3) is 0.333. The van der Waals surface area contributed by atoms with Crippen molar-refractivity contribution in [1.29, 1.82) is 0 Å². The molecule has 0 bridgehead atoms. The van der Waals surface area contributed by atoms with Crippen LogP contribution in [0.2, 0.25) is 0 Å². The average molecular weight is 364 g/mol. The lowest BCUT2D eigenvalue weighted by atomic mass is 10.1. The van der Waals surface area contributed by atoms with Crippen molar-refractivity contribution in [3.05, 3.63) is 54.1 Å². The first-order chi connectivity index (χ1) is 13.3. The molecule has 2 heterocycles. The Morgan fingerprint density at radius 2 is 1.93 bits per heavy atom. The number of methoxy groups -OCH3 is 1. The Balaban J connectivity index is 1.52. The number of nitrogens with zero attached hydrogens (tertiary/aromatic N) is 3.